The highest BCUT2D eigenvalue weighted by atomic mass is 14.9. The predicted octanol–water partition coefficient (Wildman–Crippen LogP) is 5.93. The lowest BCUT2D eigenvalue weighted by molar-refractivity contribution is 0.213. The van der Waals surface area contributed by atoms with Gasteiger partial charge in [0.25, 0.3) is 0 Å². The van der Waals surface area contributed by atoms with Crippen molar-refractivity contribution in [3.05, 3.63) is 0 Å². The van der Waals surface area contributed by atoms with Crippen LogP contribution in [0.1, 0.15) is 97.8 Å². The maximum absolute atomic E-state index is 3.78. The summed E-state index contributed by atoms with van der Waals surface area (Å²) in [5, 5.41) is 3.78. The third kappa shape index (κ3) is 7.67. The summed E-state index contributed by atoms with van der Waals surface area (Å²) < 4.78 is 0. The molecule has 20 heavy (non-hydrogen) atoms. The van der Waals surface area contributed by atoms with Gasteiger partial charge in [0, 0.05) is 6.04 Å². The molecule has 1 heteroatoms. The van der Waals surface area contributed by atoms with E-state index in [1.54, 1.807) is 0 Å². The lowest BCUT2D eigenvalue weighted by Crippen LogP contribution is -2.38. The Morgan fingerprint density at radius 2 is 1.65 bits per heavy atom. The van der Waals surface area contributed by atoms with Crippen LogP contribution in [0.2, 0.25) is 0 Å². The van der Waals surface area contributed by atoms with Crippen molar-refractivity contribution in [2.45, 2.75) is 104 Å². The Kier molecular flexibility index (Phi) is 10.4. The van der Waals surface area contributed by atoms with Crippen LogP contribution in [-0.2, 0) is 0 Å². The average Bonchev–Trinajstić information content (AvgIpc) is 2.45. The first-order valence-corrected chi connectivity index (χ1v) is 9.51. The number of nitrogens with one attached hydrogen (secondary N) is 1. The number of hydrogen-bond acceptors (Lipinski definition) is 1. The molecule has 0 radical (unpaired) electrons. The monoisotopic (exact) mass is 281 g/mol. The largest absolute Gasteiger partial charge is 0.314 e. The standard InChI is InChI=1S/C19H39N/c1-4-6-7-8-9-10-11-15-19(20-5-2)18-14-12-13-17(3)16-18/h17-20H,4-16H2,1-3H3. The van der Waals surface area contributed by atoms with Gasteiger partial charge in [-0.05, 0) is 37.6 Å². The fraction of sp³-hybridized carbons (Fsp3) is 1.00. The second-order valence-corrected chi connectivity index (χ2v) is 7.11. The molecular weight excluding hydrogens is 242 g/mol. The van der Waals surface area contributed by atoms with Gasteiger partial charge in [0.1, 0.15) is 0 Å². The third-order valence-electron chi connectivity index (χ3n) is 5.13. The summed E-state index contributed by atoms with van der Waals surface area (Å²) in [5.74, 6) is 1.92. The first-order chi connectivity index (χ1) is 9.77. The van der Waals surface area contributed by atoms with Gasteiger partial charge in [-0.25, -0.2) is 0 Å². The molecule has 0 aromatic carbocycles. The van der Waals surface area contributed by atoms with Crippen LogP contribution < -0.4 is 5.32 Å². The van der Waals surface area contributed by atoms with E-state index < -0.39 is 0 Å². The van der Waals surface area contributed by atoms with E-state index in [1.807, 2.05) is 0 Å². The molecule has 0 aliphatic heterocycles. The quantitative estimate of drug-likeness (QED) is 0.463. The van der Waals surface area contributed by atoms with Gasteiger partial charge in [-0.1, -0.05) is 78.6 Å². The van der Waals surface area contributed by atoms with Crippen LogP contribution in [0.3, 0.4) is 0 Å². The van der Waals surface area contributed by atoms with Crippen molar-refractivity contribution in [1.82, 2.24) is 5.32 Å². The fourth-order valence-electron chi connectivity index (χ4n) is 3.93. The molecule has 0 heterocycles. The van der Waals surface area contributed by atoms with Crippen LogP contribution in [0.25, 0.3) is 0 Å². The Bertz CT molecular complexity index is 214. The van der Waals surface area contributed by atoms with Gasteiger partial charge < -0.3 is 5.32 Å². The lowest BCUT2D eigenvalue weighted by atomic mass is 9.77. The van der Waals surface area contributed by atoms with Crippen LogP contribution in [0.15, 0.2) is 0 Å². The summed E-state index contributed by atoms with van der Waals surface area (Å²) in [6.45, 7) is 8.16. The molecule has 120 valence electrons. The molecule has 0 amide bonds. The number of rotatable bonds is 11. The van der Waals surface area contributed by atoms with E-state index in [2.05, 4.69) is 26.1 Å². The molecule has 1 N–H and O–H groups in total. The average molecular weight is 282 g/mol. The zero-order valence-electron chi connectivity index (χ0n) is 14.4. The zero-order chi connectivity index (χ0) is 14.6. The van der Waals surface area contributed by atoms with Gasteiger partial charge in [-0.3, -0.25) is 0 Å². The summed E-state index contributed by atoms with van der Waals surface area (Å²) in [4.78, 5) is 0. The predicted molar refractivity (Wildman–Crippen MR) is 91.2 cm³/mol. The molecule has 3 atom stereocenters. The summed E-state index contributed by atoms with van der Waals surface area (Å²) >= 11 is 0. The van der Waals surface area contributed by atoms with Crippen LogP contribution in [0.4, 0.5) is 0 Å². The molecular formula is C19H39N. The van der Waals surface area contributed by atoms with Crippen molar-refractivity contribution in [2.75, 3.05) is 6.54 Å². The molecule has 0 aromatic heterocycles. The van der Waals surface area contributed by atoms with E-state index in [0.29, 0.717) is 0 Å². The molecule has 1 aliphatic carbocycles. The second-order valence-electron chi connectivity index (χ2n) is 7.11. The van der Waals surface area contributed by atoms with Gasteiger partial charge >= 0.3 is 0 Å². The van der Waals surface area contributed by atoms with Crippen molar-refractivity contribution >= 4 is 0 Å². The molecule has 1 aliphatic rings. The lowest BCUT2D eigenvalue weighted by Gasteiger charge is -2.34. The second kappa shape index (κ2) is 11.6. The summed E-state index contributed by atoms with van der Waals surface area (Å²) in [6.07, 6.45) is 17.3. The Morgan fingerprint density at radius 3 is 2.30 bits per heavy atom. The van der Waals surface area contributed by atoms with E-state index in [1.165, 1.54) is 77.0 Å². The van der Waals surface area contributed by atoms with Gasteiger partial charge in [-0.15, -0.1) is 0 Å². The number of unbranched alkanes of at least 4 members (excludes halogenated alkanes) is 6. The minimum atomic E-state index is 0.804. The van der Waals surface area contributed by atoms with Gasteiger partial charge in [0.2, 0.25) is 0 Å². The summed E-state index contributed by atoms with van der Waals surface area (Å²) in [5.41, 5.74) is 0. The Morgan fingerprint density at radius 1 is 0.950 bits per heavy atom. The molecule has 0 aromatic rings. The summed E-state index contributed by atoms with van der Waals surface area (Å²) in [7, 11) is 0. The van der Waals surface area contributed by atoms with Crippen molar-refractivity contribution in [2.24, 2.45) is 11.8 Å². The maximum atomic E-state index is 3.78. The Hall–Kier alpha value is -0.0400. The first kappa shape index (κ1) is 18.0. The highest BCUT2D eigenvalue weighted by molar-refractivity contribution is 4.81. The van der Waals surface area contributed by atoms with E-state index in [4.69, 9.17) is 0 Å². The van der Waals surface area contributed by atoms with Gasteiger partial charge in [0.05, 0.1) is 0 Å². The van der Waals surface area contributed by atoms with Crippen molar-refractivity contribution in [1.29, 1.82) is 0 Å². The summed E-state index contributed by atoms with van der Waals surface area (Å²) in [6, 6.07) is 0.804. The first-order valence-electron chi connectivity index (χ1n) is 9.51. The highest BCUT2D eigenvalue weighted by Gasteiger charge is 2.25. The number of hydrogen-bond donors (Lipinski definition) is 1. The molecule has 3 unspecified atom stereocenters. The Labute approximate surface area is 128 Å². The zero-order valence-corrected chi connectivity index (χ0v) is 14.4. The van der Waals surface area contributed by atoms with Crippen molar-refractivity contribution < 1.29 is 0 Å². The highest BCUT2D eigenvalue weighted by Crippen LogP contribution is 2.32. The van der Waals surface area contributed by atoms with Crippen molar-refractivity contribution in [3.63, 3.8) is 0 Å². The molecule has 0 bridgehead atoms. The van der Waals surface area contributed by atoms with Gasteiger partial charge in [0.15, 0.2) is 0 Å². The van der Waals surface area contributed by atoms with Crippen LogP contribution in [-0.4, -0.2) is 12.6 Å². The molecule has 1 nitrogen and oxygen atoms in total. The molecule has 1 saturated carbocycles. The minimum Gasteiger partial charge on any atom is -0.314 e. The van der Waals surface area contributed by atoms with E-state index in [0.717, 1.165) is 24.4 Å². The molecule has 0 saturated heterocycles. The minimum absolute atomic E-state index is 0.804. The normalized spacial score (nSPS) is 24.8. The SMILES string of the molecule is CCCCCCCCCC(NCC)C1CCCC(C)C1. The smallest absolute Gasteiger partial charge is 0.00953 e. The molecule has 1 fully saturated rings. The van der Waals surface area contributed by atoms with Crippen LogP contribution in [0.5, 0.6) is 0 Å². The van der Waals surface area contributed by atoms with Gasteiger partial charge in [-0.2, -0.15) is 0 Å². The molecule has 1 rings (SSSR count). The van der Waals surface area contributed by atoms with Crippen molar-refractivity contribution in [3.8, 4) is 0 Å². The van der Waals surface area contributed by atoms with E-state index in [-0.39, 0.29) is 0 Å². The third-order valence-corrected chi connectivity index (χ3v) is 5.13. The van der Waals surface area contributed by atoms with Crippen LogP contribution >= 0.6 is 0 Å². The van der Waals surface area contributed by atoms with Crippen LogP contribution in [0, 0.1) is 11.8 Å². The fourth-order valence-corrected chi connectivity index (χ4v) is 3.93. The van der Waals surface area contributed by atoms with E-state index in [9.17, 15) is 0 Å². The topological polar surface area (TPSA) is 12.0 Å². The maximum Gasteiger partial charge on any atom is 0.00953 e. The Balaban J connectivity index is 2.15. The molecule has 0 spiro atoms. The van der Waals surface area contributed by atoms with E-state index >= 15 is 0 Å².